The predicted molar refractivity (Wildman–Crippen MR) is 58.8 cm³/mol. The topological polar surface area (TPSA) is 22.1 Å². The van der Waals surface area contributed by atoms with Crippen molar-refractivity contribution < 1.29 is 13.5 Å². The Bertz CT molecular complexity index is 525. The molecule has 0 spiro atoms. The summed E-state index contributed by atoms with van der Waals surface area (Å²) in [7, 11) is 1.30. The SMILES string of the molecule is COc1cc(F)c(-c2csc(C)n2)cc1F. The van der Waals surface area contributed by atoms with E-state index in [1.165, 1.54) is 18.4 Å². The smallest absolute Gasteiger partial charge is 0.165 e. The van der Waals surface area contributed by atoms with Crippen molar-refractivity contribution in [3.8, 4) is 17.0 Å². The van der Waals surface area contributed by atoms with E-state index in [0.29, 0.717) is 5.69 Å². The minimum Gasteiger partial charge on any atom is -0.494 e. The van der Waals surface area contributed by atoms with Crippen molar-refractivity contribution in [2.45, 2.75) is 6.92 Å². The fraction of sp³-hybridized carbons (Fsp3) is 0.182. The summed E-state index contributed by atoms with van der Waals surface area (Å²) in [5, 5.41) is 2.50. The zero-order valence-corrected chi connectivity index (χ0v) is 9.57. The predicted octanol–water partition coefficient (Wildman–Crippen LogP) is 3.41. The van der Waals surface area contributed by atoms with Crippen LogP contribution in [-0.4, -0.2) is 12.1 Å². The van der Waals surface area contributed by atoms with Crippen LogP contribution in [0.25, 0.3) is 11.3 Å². The number of hydrogen-bond acceptors (Lipinski definition) is 3. The van der Waals surface area contributed by atoms with Crippen LogP contribution in [0.2, 0.25) is 0 Å². The first-order valence-corrected chi connectivity index (χ1v) is 5.45. The number of thiazole rings is 1. The van der Waals surface area contributed by atoms with Crippen LogP contribution >= 0.6 is 11.3 Å². The maximum Gasteiger partial charge on any atom is 0.165 e. The molecule has 0 aliphatic rings. The minimum atomic E-state index is -0.593. The van der Waals surface area contributed by atoms with Gasteiger partial charge in [-0.25, -0.2) is 13.8 Å². The molecule has 0 bridgehead atoms. The van der Waals surface area contributed by atoms with E-state index in [9.17, 15) is 8.78 Å². The van der Waals surface area contributed by atoms with E-state index in [-0.39, 0.29) is 11.3 Å². The molecule has 0 saturated heterocycles. The van der Waals surface area contributed by atoms with E-state index < -0.39 is 11.6 Å². The molecule has 0 fully saturated rings. The number of halogens is 2. The Balaban J connectivity index is 2.54. The highest BCUT2D eigenvalue weighted by Crippen LogP contribution is 2.29. The van der Waals surface area contributed by atoms with Crippen molar-refractivity contribution in [2.75, 3.05) is 7.11 Å². The standard InChI is InChI=1S/C11H9F2NOS/c1-6-14-10(5-16-6)7-3-9(13)11(15-2)4-8(7)12/h3-5H,1-2H3. The number of ether oxygens (including phenoxy) is 1. The van der Waals surface area contributed by atoms with Gasteiger partial charge in [0.15, 0.2) is 11.6 Å². The van der Waals surface area contributed by atoms with Gasteiger partial charge in [0.25, 0.3) is 0 Å². The van der Waals surface area contributed by atoms with Crippen molar-refractivity contribution >= 4 is 11.3 Å². The van der Waals surface area contributed by atoms with Crippen LogP contribution in [0, 0.1) is 18.6 Å². The van der Waals surface area contributed by atoms with Gasteiger partial charge < -0.3 is 4.74 Å². The normalized spacial score (nSPS) is 10.5. The Labute approximate surface area is 95.5 Å². The molecular formula is C11H9F2NOS. The molecular weight excluding hydrogens is 232 g/mol. The first kappa shape index (κ1) is 11.0. The molecule has 16 heavy (non-hydrogen) atoms. The van der Waals surface area contributed by atoms with Gasteiger partial charge in [-0.15, -0.1) is 11.3 Å². The maximum absolute atomic E-state index is 13.6. The summed E-state index contributed by atoms with van der Waals surface area (Å²) in [6, 6.07) is 2.13. The van der Waals surface area contributed by atoms with Crippen LogP contribution in [0.15, 0.2) is 17.5 Å². The average Bonchev–Trinajstić information content (AvgIpc) is 2.67. The van der Waals surface area contributed by atoms with Gasteiger partial charge in [-0.1, -0.05) is 0 Å². The Morgan fingerprint density at radius 3 is 2.56 bits per heavy atom. The summed E-state index contributed by atoms with van der Waals surface area (Å²) < 4.78 is 31.7. The third-order valence-corrected chi connectivity index (χ3v) is 2.91. The molecule has 5 heteroatoms. The zero-order chi connectivity index (χ0) is 11.7. The molecule has 1 heterocycles. The maximum atomic E-state index is 13.6. The third kappa shape index (κ3) is 1.90. The van der Waals surface area contributed by atoms with Crippen molar-refractivity contribution in [3.63, 3.8) is 0 Å². The van der Waals surface area contributed by atoms with E-state index in [1.54, 1.807) is 5.38 Å². The summed E-state index contributed by atoms with van der Waals surface area (Å²) in [5.74, 6) is -1.23. The molecule has 0 atom stereocenters. The van der Waals surface area contributed by atoms with E-state index in [4.69, 9.17) is 0 Å². The lowest BCUT2D eigenvalue weighted by Crippen LogP contribution is -1.93. The van der Waals surface area contributed by atoms with Crippen molar-refractivity contribution in [1.29, 1.82) is 0 Å². The van der Waals surface area contributed by atoms with Gasteiger partial charge in [-0.2, -0.15) is 0 Å². The number of rotatable bonds is 2. The molecule has 0 unspecified atom stereocenters. The van der Waals surface area contributed by atoms with E-state index in [0.717, 1.165) is 17.1 Å². The Kier molecular flexibility index (Phi) is 2.87. The van der Waals surface area contributed by atoms with Gasteiger partial charge in [0.05, 0.1) is 17.8 Å². The van der Waals surface area contributed by atoms with Gasteiger partial charge in [-0.3, -0.25) is 0 Å². The fourth-order valence-electron chi connectivity index (χ4n) is 1.37. The van der Waals surface area contributed by atoms with Crippen LogP contribution in [0.4, 0.5) is 8.78 Å². The molecule has 2 aromatic rings. The summed E-state index contributed by atoms with van der Waals surface area (Å²) in [6.45, 7) is 1.81. The molecule has 0 saturated carbocycles. The zero-order valence-electron chi connectivity index (χ0n) is 8.75. The number of nitrogens with zero attached hydrogens (tertiary/aromatic N) is 1. The lowest BCUT2D eigenvalue weighted by atomic mass is 10.1. The van der Waals surface area contributed by atoms with Crippen molar-refractivity contribution in [3.05, 3.63) is 34.2 Å². The Morgan fingerprint density at radius 2 is 2.00 bits per heavy atom. The van der Waals surface area contributed by atoms with E-state index in [1.807, 2.05) is 6.92 Å². The van der Waals surface area contributed by atoms with Gasteiger partial charge in [0.2, 0.25) is 0 Å². The van der Waals surface area contributed by atoms with Crippen LogP contribution < -0.4 is 4.74 Å². The van der Waals surface area contributed by atoms with E-state index >= 15 is 0 Å². The van der Waals surface area contributed by atoms with Crippen molar-refractivity contribution in [1.82, 2.24) is 4.98 Å². The molecule has 0 amide bonds. The number of benzene rings is 1. The summed E-state index contributed by atoms with van der Waals surface area (Å²) in [5.41, 5.74) is 0.601. The van der Waals surface area contributed by atoms with Gasteiger partial charge in [0.1, 0.15) is 5.82 Å². The highest BCUT2D eigenvalue weighted by molar-refractivity contribution is 7.09. The first-order valence-electron chi connectivity index (χ1n) is 4.57. The number of methoxy groups -OCH3 is 1. The molecule has 0 radical (unpaired) electrons. The fourth-order valence-corrected chi connectivity index (χ4v) is 1.98. The molecule has 2 nitrogen and oxygen atoms in total. The van der Waals surface area contributed by atoms with Crippen LogP contribution in [0.5, 0.6) is 5.75 Å². The summed E-state index contributed by atoms with van der Waals surface area (Å²) in [4.78, 5) is 4.11. The third-order valence-electron chi connectivity index (χ3n) is 2.14. The summed E-state index contributed by atoms with van der Waals surface area (Å²) in [6.07, 6.45) is 0. The lowest BCUT2D eigenvalue weighted by Gasteiger charge is -2.05. The van der Waals surface area contributed by atoms with E-state index in [2.05, 4.69) is 9.72 Å². The molecule has 1 aromatic heterocycles. The second kappa shape index (κ2) is 4.17. The number of aromatic nitrogens is 1. The van der Waals surface area contributed by atoms with Crippen LogP contribution in [0.3, 0.4) is 0 Å². The second-order valence-electron chi connectivity index (χ2n) is 3.22. The Hall–Kier alpha value is -1.49. The molecule has 1 aromatic carbocycles. The molecule has 0 aliphatic heterocycles. The number of aryl methyl sites for hydroxylation is 1. The molecule has 0 aliphatic carbocycles. The number of hydrogen-bond donors (Lipinski definition) is 0. The first-order chi connectivity index (χ1) is 7.61. The second-order valence-corrected chi connectivity index (χ2v) is 4.28. The van der Waals surface area contributed by atoms with Crippen LogP contribution in [0.1, 0.15) is 5.01 Å². The van der Waals surface area contributed by atoms with Gasteiger partial charge >= 0.3 is 0 Å². The molecule has 84 valence electrons. The largest absolute Gasteiger partial charge is 0.494 e. The lowest BCUT2D eigenvalue weighted by molar-refractivity contribution is 0.383. The van der Waals surface area contributed by atoms with Gasteiger partial charge in [-0.05, 0) is 13.0 Å². The average molecular weight is 241 g/mol. The monoisotopic (exact) mass is 241 g/mol. The Morgan fingerprint density at radius 1 is 1.25 bits per heavy atom. The molecule has 2 rings (SSSR count). The quantitative estimate of drug-likeness (QED) is 0.803. The molecule has 0 N–H and O–H groups in total. The minimum absolute atomic E-state index is 0.104. The summed E-state index contributed by atoms with van der Waals surface area (Å²) >= 11 is 1.39. The van der Waals surface area contributed by atoms with Gasteiger partial charge in [0, 0.05) is 17.0 Å². The highest BCUT2D eigenvalue weighted by Gasteiger charge is 2.13. The highest BCUT2D eigenvalue weighted by atomic mass is 32.1. The van der Waals surface area contributed by atoms with Crippen molar-refractivity contribution in [2.24, 2.45) is 0 Å². The van der Waals surface area contributed by atoms with Crippen LogP contribution in [-0.2, 0) is 0 Å².